The van der Waals surface area contributed by atoms with E-state index in [1.807, 2.05) is 0 Å². The second-order valence-electron chi connectivity index (χ2n) is 3.63. The van der Waals surface area contributed by atoms with Gasteiger partial charge in [0.15, 0.2) is 5.01 Å². The van der Waals surface area contributed by atoms with Crippen molar-refractivity contribution in [3.8, 4) is 0 Å². The smallest absolute Gasteiger partial charge is 0.216 e. The highest BCUT2D eigenvalue weighted by atomic mass is 32.1. The molecule has 1 aromatic rings. The Kier molecular flexibility index (Phi) is 3.82. The molecule has 0 unspecified atom stereocenters. The van der Waals surface area contributed by atoms with E-state index in [0.717, 1.165) is 19.5 Å². The Labute approximate surface area is 92.7 Å². The summed E-state index contributed by atoms with van der Waals surface area (Å²) in [6.07, 6.45) is 2.78. The molecule has 15 heavy (non-hydrogen) atoms. The van der Waals surface area contributed by atoms with Crippen molar-refractivity contribution in [1.29, 1.82) is 0 Å². The third kappa shape index (κ3) is 3.09. The Morgan fingerprint density at radius 2 is 2.67 bits per heavy atom. The van der Waals surface area contributed by atoms with Crippen LogP contribution in [0.2, 0.25) is 0 Å². The highest BCUT2D eigenvalue weighted by molar-refractivity contribution is 7.11. The molecule has 0 aliphatic carbocycles. The van der Waals surface area contributed by atoms with Gasteiger partial charge in [-0.15, -0.1) is 11.3 Å². The molecule has 0 aromatic carbocycles. The summed E-state index contributed by atoms with van der Waals surface area (Å²) in [6.45, 7) is 2.90. The van der Waals surface area contributed by atoms with Crippen LogP contribution in [0.5, 0.6) is 0 Å². The van der Waals surface area contributed by atoms with E-state index >= 15 is 0 Å². The number of ketones is 1. The van der Waals surface area contributed by atoms with Gasteiger partial charge in [0.2, 0.25) is 5.78 Å². The standard InChI is InChI=1S/C10H14N2O2S/c13-9(10-12-3-4-15-10)7-14-6-8-1-2-11-5-8/h3-4,8,11H,1-2,5-7H2/t8-/m1/s1. The van der Waals surface area contributed by atoms with Crippen LogP contribution in [0.3, 0.4) is 0 Å². The highest BCUT2D eigenvalue weighted by Crippen LogP contribution is 2.09. The fraction of sp³-hybridized carbons (Fsp3) is 0.600. The zero-order chi connectivity index (χ0) is 10.5. The van der Waals surface area contributed by atoms with Crippen LogP contribution in [0.4, 0.5) is 0 Å². The van der Waals surface area contributed by atoms with Crippen molar-refractivity contribution in [1.82, 2.24) is 10.3 Å². The second kappa shape index (κ2) is 5.34. The first-order valence-electron chi connectivity index (χ1n) is 5.07. The van der Waals surface area contributed by atoms with E-state index in [2.05, 4.69) is 10.3 Å². The molecule has 1 fully saturated rings. The molecule has 0 amide bonds. The van der Waals surface area contributed by atoms with Gasteiger partial charge in [-0.3, -0.25) is 4.79 Å². The fourth-order valence-electron chi connectivity index (χ4n) is 1.60. The lowest BCUT2D eigenvalue weighted by Crippen LogP contribution is -2.17. The van der Waals surface area contributed by atoms with Gasteiger partial charge in [-0.05, 0) is 18.9 Å². The van der Waals surface area contributed by atoms with Gasteiger partial charge >= 0.3 is 0 Å². The van der Waals surface area contributed by atoms with Crippen LogP contribution in [-0.4, -0.2) is 37.1 Å². The summed E-state index contributed by atoms with van der Waals surface area (Å²) in [6, 6.07) is 0. The van der Waals surface area contributed by atoms with E-state index < -0.39 is 0 Å². The SMILES string of the molecule is O=C(COC[C@@H]1CCNC1)c1nccs1. The third-order valence-electron chi connectivity index (χ3n) is 2.42. The molecule has 1 saturated heterocycles. The number of rotatable bonds is 5. The molecular weight excluding hydrogens is 212 g/mol. The minimum Gasteiger partial charge on any atom is -0.373 e. The number of aromatic nitrogens is 1. The van der Waals surface area contributed by atoms with Crippen molar-refractivity contribution in [2.45, 2.75) is 6.42 Å². The lowest BCUT2D eigenvalue weighted by atomic mass is 10.1. The van der Waals surface area contributed by atoms with Crippen LogP contribution in [0.1, 0.15) is 16.2 Å². The molecular formula is C10H14N2O2S. The number of Topliss-reactive ketones (excluding diaryl/α,β-unsaturated/α-hetero) is 1. The zero-order valence-corrected chi connectivity index (χ0v) is 9.26. The number of nitrogens with one attached hydrogen (secondary N) is 1. The lowest BCUT2D eigenvalue weighted by molar-refractivity contribution is 0.0692. The van der Waals surface area contributed by atoms with Crippen LogP contribution in [0.15, 0.2) is 11.6 Å². The Morgan fingerprint density at radius 1 is 1.73 bits per heavy atom. The molecule has 2 rings (SSSR count). The van der Waals surface area contributed by atoms with Gasteiger partial charge in [-0.25, -0.2) is 4.98 Å². The quantitative estimate of drug-likeness (QED) is 0.760. The largest absolute Gasteiger partial charge is 0.373 e. The molecule has 1 N–H and O–H groups in total. The van der Waals surface area contributed by atoms with Gasteiger partial charge in [0, 0.05) is 18.1 Å². The van der Waals surface area contributed by atoms with E-state index in [-0.39, 0.29) is 12.4 Å². The summed E-state index contributed by atoms with van der Waals surface area (Å²) in [5, 5.41) is 5.60. The summed E-state index contributed by atoms with van der Waals surface area (Å²) >= 11 is 1.36. The summed E-state index contributed by atoms with van der Waals surface area (Å²) in [4.78, 5) is 15.4. The predicted octanol–water partition coefficient (Wildman–Crippen LogP) is 0.952. The number of thiazole rings is 1. The molecule has 1 aliphatic rings. The summed E-state index contributed by atoms with van der Waals surface area (Å²) < 4.78 is 5.38. The maximum absolute atomic E-state index is 11.5. The number of carbonyl (C=O) groups excluding carboxylic acids is 1. The van der Waals surface area contributed by atoms with Crippen molar-refractivity contribution in [3.05, 3.63) is 16.6 Å². The molecule has 2 heterocycles. The number of nitrogens with zero attached hydrogens (tertiary/aromatic N) is 1. The van der Waals surface area contributed by atoms with E-state index in [4.69, 9.17) is 4.74 Å². The van der Waals surface area contributed by atoms with Gasteiger partial charge in [0.05, 0.1) is 6.61 Å². The minimum atomic E-state index is -0.0176. The first-order valence-corrected chi connectivity index (χ1v) is 5.95. The average molecular weight is 226 g/mol. The topological polar surface area (TPSA) is 51.2 Å². The molecule has 4 nitrogen and oxygen atoms in total. The molecule has 1 aromatic heterocycles. The Hall–Kier alpha value is -0.780. The monoisotopic (exact) mass is 226 g/mol. The van der Waals surface area contributed by atoms with Crippen molar-refractivity contribution in [2.24, 2.45) is 5.92 Å². The van der Waals surface area contributed by atoms with Crippen LogP contribution >= 0.6 is 11.3 Å². The van der Waals surface area contributed by atoms with E-state index in [1.165, 1.54) is 11.3 Å². The normalized spacial score (nSPS) is 20.7. The minimum absolute atomic E-state index is 0.0176. The predicted molar refractivity (Wildman–Crippen MR) is 58.2 cm³/mol. The fourth-order valence-corrected chi connectivity index (χ4v) is 2.16. The summed E-state index contributed by atoms with van der Waals surface area (Å²) in [5.74, 6) is 0.546. The Morgan fingerprint density at radius 3 is 3.33 bits per heavy atom. The van der Waals surface area contributed by atoms with E-state index in [1.54, 1.807) is 11.6 Å². The number of hydrogen-bond donors (Lipinski definition) is 1. The molecule has 82 valence electrons. The Bertz CT molecular complexity index is 307. The van der Waals surface area contributed by atoms with Crippen LogP contribution < -0.4 is 5.32 Å². The maximum atomic E-state index is 11.5. The van der Waals surface area contributed by atoms with Gasteiger partial charge < -0.3 is 10.1 Å². The first kappa shape index (κ1) is 10.7. The van der Waals surface area contributed by atoms with Crippen LogP contribution in [-0.2, 0) is 4.74 Å². The molecule has 1 aliphatic heterocycles. The third-order valence-corrected chi connectivity index (χ3v) is 3.23. The van der Waals surface area contributed by atoms with Gasteiger partial charge in [0.25, 0.3) is 0 Å². The molecule has 0 spiro atoms. The van der Waals surface area contributed by atoms with E-state index in [9.17, 15) is 4.79 Å². The van der Waals surface area contributed by atoms with Crippen molar-refractivity contribution >= 4 is 17.1 Å². The first-order chi connectivity index (χ1) is 7.36. The lowest BCUT2D eigenvalue weighted by Gasteiger charge is -2.07. The molecule has 1 atom stereocenters. The molecule has 0 radical (unpaired) electrons. The van der Waals surface area contributed by atoms with Crippen molar-refractivity contribution < 1.29 is 9.53 Å². The molecule has 0 bridgehead atoms. The highest BCUT2D eigenvalue weighted by Gasteiger charge is 2.15. The van der Waals surface area contributed by atoms with Gasteiger partial charge in [-0.1, -0.05) is 0 Å². The van der Waals surface area contributed by atoms with Crippen molar-refractivity contribution in [3.63, 3.8) is 0 Å². The number of hydrogen-bond acceptors (Lipinski definition) is 5. The second-order valence-corrected chi connectivity index (χ2v) is 4.53. The molecule has 0 saturated carbocycles. The molecule has 5 heteroatoms. The van der Waals surface area contributed by atoms with Crippen LogP contribution in [0, 0.1) is 5.92 Å². The van der Waals surface area contributed by atoms with E-state index in [0.29, 0.717) is 17.5 Å². The summed E-state index contributed by atoms with van der Waals surface area (Å²) in [5.41, 5.74) is 0. The zero-order valence-electron chi connectivity index (χ0n) is 8.44. The van der Waals surface area contributed by atoms with Gasteiger partial charge in [-0.2, -0.15) is 0 Å². The maximum Gasteiger partial charge on any atom is 0.216 e. The van der Waals surface area contributed by atoms with Gasteiger partial charge in [0.1, 0.15) is 6.61 Å². The Balaban J connectivity index is 1.67. The summed E-state index contributed by atoms with van der Waals surface area (Å²) in [7, 11) is 0. The number of carbonyl (C=O) groups is 1. The number of ether oxygens (including phenoxy) is 1. The van der Waals surface area contributed by atoms with Crippen LogP contribution in [0.25, 0.3) is 0 Å². The average Bonchev–Trinajstić information content (AvgIpc) is 2.90. The van der Waals surface area contributed by atoms with Crippen molar-refractivity contribution in [2.75, 3.05) is 26.3 Å².